The highest BCUT2D eigenvalue weighted by molar-refractivity contribution is 9.09. The zero-order valence-corrected chi connectivity index (χ0v) is 10.1. The summed E-state index contributed by atoms with van der Waals surface area (Å²) in [6.45, 7) is 1.65. The molecule has 0 aliphatic carbocycles. The second-order valence-corrected chi connectivity index (χ2v) is 4.20. The zero-order chi connectivity index (χ0) is 11.5. The molecule has 1 aromatic heterocycles. The molecular weight excluding hydrogens is 282 g/mol. The van der Waals surface area contributed by atoms with Gasteiger partial charge in [0.2, 0.25) is 0 Å². The highest BCUT2D eigenvalue weighted by Crippen LogP contribution is 2.19. The molecule has 1 aliphatic rings. The van der Waals surface area contributed by atoms with E-state index in [9.17, 15) is 8.78 Å². The summed E-state index contributed by atoms with van der Waals surface area (Å²) in [5.41, 5.74) is 0. The molecule has 1 unspecified atom stereocenters. The summed E-state index contributed by atoms with van der Waals surface area (Å²) >= 11 is 3.32. The van der Waals surface area contributed by atoms with Crippen LogP contribution in [0.15, 0.2) is 12.3 Å². The average Bonchev–Trinajstić information content (AvgIpc) is 2.29. The number of pyridine rings is 1. The first kappa shape index (κ1) is 11.7. The number of hydrogen-bond donors (Lipinski definition) is 0. The molecular formula is C10H11BrF2N2O. The minimum Gasteiger partial charge on any atom is -0.374 e. The molecule has 0 amide bonds. The van der Waals surface area contributed by atoms with Crippen LogP contribution >= 0.6 is 15.9 Å². The Bertz CT molecular complexity index is 378. The van der Waals surface area contributed by atoms with Crippen LogP contribution < -0.4 is 4.90 Å². The summed E-state index contributed by atoms with van der Waals surface area (Å²) in [5.74, 6) is -1.10. The summed E-state index contributed by atoms with van der Waals surface area (Å²) < 4.78 is 31.6. The first-order valence-corrected chi connectivity index (χ1v) is 6.06. The molecule has 1 atom stereocenters. The Morgan fingerprint density at radius 2 is 2.38 bits per heavy atom. The van der Waals surface area contributed by atoms with Gasteiger partial charge < -0.3 is 9.64 Å². The van der Waals surface area contributed by atoms with E-state index in [-0.39, 0.29) is 11.9 Å². The Labute approximate surface area is 101 Å². The maximum Gasteiger partial charge on any atom is 0.168 e. The lowest BCUT2D eigenvalue weighted by atomic mass is 10.3. The largest absolute Gasteiger partial charge is 0.374 e. The third-order valence-corrected chi connectivity index (χ3v) is 3.12. The molecule has 0 N–H and O–H groups in total. The number of morpholine rings is 1. The monoisotopic (exact) mass is 292 g/mol. The summed E-state index contributed by atoms with van der Waals surface area (Å²) in [5, 5.41) is 0.687. The lowest BCUT2D eigenvalue weighted by Gasteiger charge is -2.32. The van der Waals surface area contributed by atoms with E-state index in [1.54, 1.807) is 4.90 Å². The van der Waals surface area contributed by atoms with Gasteiger partial charge in [-0.05, 0) is 0 Å². The second kappa shape index (κ2) is 5.05. The molecule has 1 saturated heterocycles. The van der Waals surface area contributed by atoms with Gasteiger partial charge in [0.25, 0.3) is 0 Å². The fourth-order valence-corrected chi connectivity index (χ4v) is 2.04. The van der Waals surface area contributed by atoms with E-state index in [2.05, 4.69) is 20.9 Å². The first-order valence-electron chi connectivity index (χ1n) is 4.94. The minimum atomic E-state index is -0.661. The van der Waals surface area contributed by atoms with E-state index in [1.807, 2.05) is 0 Å². The second-order valence-electron chi connectivity index (χ2n) is 3.55. The van der Waals surface area contributed by atoms with Gasteiger partial charge in [-0.2, -0.15) is 0 Å². The maximum absolute atomic E-state index is 13.5. The standard InChI is InChI=1S/C10H11BrF2N2O/c11-4-8-6-15(1-2-16-8)10-9(13)3-7(12)5-14-10/h3,5,8H,1-2,4,6H2. The molecule has 1 aromatic rings. The van der Waals surface area contributed by atoms with Crippen molar-refractivity contribution in [2.45, 2.75) is 6.10 Å². The summed E-state index contributed by atoms with van der Waals surface area (Å²) in [6.07, 6.45) is 1.04. The van der Waals surface area contributed by atoms with Gasteiger partial charge in [-0.3, -0.25) is 0 Å². The fourth-order valence-electron chi connectivity index (χ4n) is 1.65. The molecule has 2 heterocycles. The fraction of sp³-hybridized carbons (Fsp3) is 0.500. The Hall–Kier alpha value is -0.750. The van der Waals surface area contributed by atoms with Crippen molar-refractivity contribution in [3.63, 3.8) is 0 Å². The van der Waals surface area contributed by atoms with Crippen LogP contribution in [0.5, 0.6) is 0 Å². The van der Waals surface area contributed by atoms with E-state index < -0.39 is 11.6 Å². The van der Waals surface area contributed by atoms with Gasteiger partial charge in [0, 0.05) is 24.5 Å². The van der Waals surface area contributed by atoms with Crippen LogP contribution in [0.3, 0.4) is 0 Å². The van der Waals surface area contributed by atoms with Crippen molar-refractivity contribution in [3.05, 3.63) is 23.9 Å². The van der Waals surface area contributed by atoms with Crippen molar-refractivity contribution >= 4 is 21.7 Å². The van der Waals surface area contributed by atoms with Crippen LogP contribution in [0.1, 0.15) is 0 Å². The number of hydrogen-bond acceptors (Lipinski definition) is 3. The van der Waals surface area contributed by atoms with Crippen LogP contribution in [-0.4, -0.2) is 36.1 Å². The SMILES string of the molecule is Fc1cnc(N2CCOC(CBr)C2)c(F)c1. The molecule has 1 aliphatic heterocycles. The van der Waals surface area contributed by atoms with E-state index in [0.717, 1.165) is 12.3 Å². The van der Waals surface area contributed by atoms with E-state index >= 15 is 0 Å². The van der Waals surface area contributed by atoms with Gasteiger partial charge in [0.05, 0.1) is 18.9 Å². The molecule has 16 heavy (non-hydrogen) atoms. The van der Waals surface area contributed by atoms with Crippen molar-refractivity contribution in [1.82, 2.24) is 4.98 Å². The van der Waals surface area contributed by atoms with Crippen molar-refractivity contribution in [2.24, 2.45) is 0 Å². The van der Waals surface area contributed by atoms with Gasteiger partial charge >= 0.3 is 0 Å². The Morgan fingerprint density at radius 3 is 3.06 bits per heavy atom. The number of alkyl halides is 1. The van der Waals surface area contributed by atoms with Crippen LogP contribution in [0.4, 0.5) is 14.6 Å². The molecule has 6 heteroatoms. The number of ether oxygens (including phenoxy) is 1. The maximum atomic E-state index is 13.5. The molecule has 0 spiro atoms. The summed E-state index contributed by atoms with van der Waals surface area (Å²) in [6, 6.07) is 0.848. The van der Waals surface area contributed by atoms with E-state index in [4.69, 9.17) is 4.74 Å². The molecule has 3 nitrogen and oxygen atoms in total. The summed E-state index contributed by atoms with van der Waals surface area (Å²) in [4.78, 5) is 5.54. The number of rotatable bonds is 2. The molecule has 0 aromatic carbocycles. The van der Waals surface area contributed by atoms with Crippen molar-refractivity contribution in [1.29, 1.82) is 0 Å². The number of aromatic nitrogens is 1. The van der Waals surface area contributed by atoms with Crippen molar-refractivity contribution < 1.29 is 13.5 Å². The Kier molecular flexibility index (Phi) is 3.70. The molecule has 1 fully saturated rings. The Morgan fingerprint density at radius 1 is 1.56 bits per heavy atom. The Balaban J connectivity index is 2.16. The van der Waals surface area contributed by atoms with Crippen LogP contribution in [-0.2, 0) is 4.74 Å². The van der Waals surface area contributed by atoms with Crippen molar-refractivity contribution in [3.8, 4) is 0 Å². The van der Waals surface area contributed by atoms with Crippen LogP contribution in [0.25, 0.3) is 0 Å². The third-order valence-electron chi connectivity index (χ3n) is 2.40. The first-order chi connectivity index (χ1) is 7.70. The topological polar surface area (TPSA) is 25.4 Å². The van der Waals surface area contributed by atoms with Gasteiger partial charge in [0.1, 0.15) is 5.82 Å². The van der Waals surface area contributed by atoms with E-state index in [0.29, 0.717) is 25.0 Å². The number of halogens is 3. The smallest absolute Gasteiger partial charge is 0.168 e. The van der Waals surface area contributed by atoms with Crippen LogP contribution in [0.2, 0.25) is 0 Å². The molecule has 0 bridgehead atoms. The highest BCUT2D eigenvalue weighted by Gasteiger charge is 2.22. The quantitative estimate of drug-likeness (QED) is 0.779. The predicted octanol–water partition coefficient (Wildman–Crippen LogP) is 1.96. The molecule has 0 radical (unpaired) electrons. The highest BCUT2D eigenvalue weighted by atomic mass is 79.9. The molecule has 2 rings (SSSR count). The van der Waals surface area contributed by atoms with Gasteiger partial charge in [-0.1, -0.05) is 15.9 Å². The van der Waals surface area contributed by atoms with Crippen molar-refractivity contribution in [2.75, 3.05) is 29.9 Å². The predicted molar refractivity (Wildman–Crippen MR) is 59.9 cm³/mol. The van der Waals surface area contributed by atoms with Gasteiger partial charge in [0.15, 0.2) is 11.6 Å². The van der Waals surface area contributed by atoms with Gasteiger partial charge in [-0.15, -0.1) is 0 Å². The normalized spacial score (nSPS) is 21.2. The summed E-state index contributed by atoms with van der Waals surface area (Å²) in [7, 11) is 0. The lowest BCUT2D eigenvalue weighted by molar-refractivity contribution is 0.0565. The third kappa shape index (κ3) is 2.49. The molecule has 0 saturated carbocycles. The average molecular weight is 293 g/mol. The molecule has 88 valence electrons. The zero-order valence-electron chi connectivity index (χ0n) is 8.50. The number of anilines is 1. The van der Waals surface area contributed by atoms with Crippen LogP contribution in [0, 0.1) is 11.6 Å². The lowest BCUT2D eigenvalue weighted by Crippen LogP contribution is -2.44. The van der Waals surface area contributed by atoms with Gasteiger partial charge in [-0.25, -0.2) is 13.8 Å². The minimum absolute atomic E-state index is 0.0139. The number of nitrogens with zero attached hydrogens (tertiary/aromatic N) is 2. The van der Waals surface area contributed by atoms with E-state index in [1.165, 1.54) is 0 Å².